The van der Waals surface area contributed by atoms with E-state index in [9.17, 15) is 9.59 Å². The third-order valence-corrected chi connectivity index (χ3v) is 5.90. The van der Waals surface area contributed by atoms with Crippen LogP contribution in [-0.4, -0.2) is 73.5 Å². The second-order valence-corrected chi connectivity index (χ2v) is 8.04. The molecular formula is C22H34N4O2. The van der Waals surface area contributed by atoms with Crippen LogP contribution in [0.25, 0.3) is 0 Å². The summed E-state index contributed by atoms with van der Waals surface area (Å²) in [6, 6.07) is 8.47. The molecule has 1 N–H and O–H groups in total. The average molecular weight is 387 g/mol. The lowest BCUT2D eigenvalue weighted by molar-refractivity contribution is -0.136. The molecule has 0 aliphatic carbocycles. The first-order valence-corrected chi connectivity index (χ1v) is 10.6. The van der Waals surface area contributed by atoms with Crippen molar-refractivity contribution in [1.82, 2.24) is 15.1 Å². The van der Waals surface area contributed by atoms with E-state index in [2.05, 4.69) is 46.3 Å². The highest BCUT2D eigenvalue weighted by Crippen LogP contribution is 2.18. The van der Waals surface area contributed by atoms with E-state index >= 15 is 0 Å². The van der Waals surface area contributed by atoms with Crippen LogP contribution in [-0.2, 0) is 9.59 Å². The average Bonchev–Trinajstić information content (AvgIpc) is 3.18. The Morgan fingerprint density at radius 1 is 1.11 bits per heavy atom. The topological polar surface area (TPSA) is 55.9 Å². The van der Waals surface area contributed by atoms with Crippen molar-refractivity contribution in [3.8, 4) is 0 Å². The molecule has 6 nitrogen and oxygen atoms in total. The van der Waals surface area contributed by atoms with Gasteiger partial charge in [-0.15, -0.1) is 0 Å². The van der Waals surface area contributed by atoms with Gasteiger partial charge in [0.2, 0.25) is 11.8 Å². The van der Waals surface area contributed by atoms with Crippen LogP contribution in [0.5, 0.6) is 0 Å². The summed E-state index contributed by atoms with van der Waals surface area (Å²) in [5.74, 6) is 0.0157. The number of anilines is 1. The van der Waals surface area contributed by atoms with E-state index in [4.69, 9.17) is 0 Å². The number of nitrogens with zero attached hydrogens (tertiary/aromatic N) is 3. The van der Waals surface area contributed by atoms with Gasteiger partial charge >= 0.3 is 0 Å². The Labute approximate surface area is 168 Å². The van der Waals surface area contributed by atoms with Crippen molar-refractivity contribution in [2.75, 3.05) is 50.7 Å². The fourth-order valence-electron chi connectivity index (χ4n) is 4.26. The van der Waals surface area contributed by atoms with E-state index in [1.54, 1.807) is 11.8 Å². The van der Waals surface area contributed by atoms with Crippen molar-refractivity contribution in [3.05, 3.63) is 29.8 Å². The lowest BCUT2D eigenvalue weighted by Gasteiger charge is -2.36. The molecule has 0 saturated carbocycles. The van der Waals surface area contributed by atoms with Crippen molar-refractivity contribution in [2.24, 2.45) is 0 Å². The summed E-state index contributed by atoms with van der Waals surface area (Å²) in [5.41, 5.74) is 2.64. The predicted molar refractivity (Wildman–Crippen MR) is 112 cm³/mol. The molecule has 0 radical (unpaired) electrons. The van der Waals surface area contributed by atoms with Gasteiger partial charge in [0.1, 0.15) is 6.04 Å². The Bertz CT molecular complexity index is 670. The third kappa shape index (κ3) is 5.47. The van der Waals surface area contributed by atoms with Crippen molar-refractivity contribution in [2.45, 2.75) is 45.6 Å². The van der Waals surface area contributed by atoms with Crippen molar-refractivity contribution < 1.29 is 9.59 Å². The molecule has 2 heterocycles. The monoisotopic (exact) mass is 386 g/mol. The van der Waals surface area contributed by atoms with E-state index < -0.39 is 0 Å². The van der Waals surface area contributed by atoms with E-state index in [-0.39, 0.29) is 17.9 Å². The molecule has 2 aliphatic rings. The summed E-state index contributed by atoms with van der Waals surface area (Å²) in [7, 11) is 0. The quantitative estimate of drug-likeness (QED) is 0.729. The Balaban J connectivity index is 1.29. The second-order valence-electron chi connectivity index (χ2n) is 8.04. The van der Waals surface area contributed by atoms with E-state index in [1.165, 1.54) is 11.3 Å². The summed E-state index contributed by atoms with van der Waals surface area (Å²) in [6.07, 6.45) is 3.78. The van der Waals surface area contributed by atoms with Crippen LogP contribution < -0.4 is 10.2 Å². The van der Waals surface area contributed by atoms with Crippen LogP contribution in [0, 0.1) is 6.92 Å². The Morgan fingerprint density at radius 2 is 1.89 bits per heavy atom. The number of unbranched alkanes of at least 4 members (excludes halogenated alkanes) is 1. The molecule has 0 bridgehead atoms. The number of amides is 2. The van der Waals surface area contributed by atoms with Gasteiger partial charge in [-0.1, -0.05) is 12.1 Å². The number of hydrogen-bond donors (Lipinski definition) is 1. The highest BCUT2D eigenvalue weighted by atomic mass is 16.2. The molecule has 28 heavy (non-hydrogen) atoms. The number of benzene rings is 1. The molecular weight excluding hydrogens is 352 g/mol. The normalized spacial score (nSPS) is 20.4. The largest absolute Gasteiger partial charge is 0.369 e. The zero-order valence-corrected chi connectivity index (χ0v) is 17.3. The zero-order valence-electron chi connectivity index (χ0n) is 17.3. The number of piperazine rings is 1. The minimum atomic E-state index is -0.257. The highest BCUT2D eigenvalue weighted by Gasteiger charge is 2.31. The molecule has 154 valence electrons. The number of carbonyl (C=O) groups is 2. The smallest absolute Gasteiger partial charge is 0.242 e. The van der Waals surface area contributed by atoms with Gasteiger partial charge in [0, 0.05) is 51.9 Å². The number of rotatable bonds is 7. The van der Waals surface area contributed by atoms with Gasteiger partial charge in [0.15, 0.2) is 0 Å². The highest BCUT2D eigenvalue weighted by molar-refractivity contribution is 5.87. The minimum absolute atomic E-state index is 0.00227. The molecule has 2 saturated heterocycles. The number of hydrogen-bond acceptors (Lipinski definition) is 4. The van der Waals surface area contributed by atoms with Gasteiger partial charge in [-0.2, -0.15) is 0 Å². The standard InChI is InChI=1S/C22H34N4O2/c1-18-7-5-8-20(17-18)25-15-13-24(14-16-25)11-4-3-10-23-22(28)21-9-6-12-26(21)19(2)27/h5,7-8,17,21H,3-4,6,9-16H2,1-2H3,(H,23,28)/t21-/m1/s1. The molecule has 2 amide bonds. The van der Waals surface area contributed by atoms with E-state index in [0.29, 0.717) is 13.1 Å². The van der Waals surface area contributed by atoms with Gasteiger partial charge < -0.3 is 15.1 Å². The van der Waals surface area contributed by atoms with Crippen LogP contribution in [0.1, 0.15) is 38.2 Å². The first-order chi connectivity index (χ1) is 13.5. The maximum atomic E-state index is 12.3. The molecule has 1 aromatic carbocycles. The summed E-state index contributed by atoms with van der Waals surface area (Å²) in [6.45, 7) is 10.5. The number of aryl methyl sites for hydroxylation is 1. The summed E-state index contributed by atoms with van der Waals surface area (Å²) < 4.78 is 0. The predicted octanol–water partition coefficient (Wildman–Crippen LogP) is 2.02. The van der Waals surface area contributed by atoms with E-state index in [1.807, 2.05) is 0 Å². The van der Waals surface area contributed by atoms with Crippen molar-refractivity contribution in [1.29, 1.82) is 0 Å². The molecule has 0 spiro atoms. The number of nitrogens with one attached hydrogen (secondary N) is 1. The Hall–Kier alpha value is -2.08. The molecule has 1 aromatic rings. The lowest BCUT2D eigenvalue weighted by atomic mass is 10.2. The SMILES string of the molecule is CC(=O)N1CCC[C@@H]1C(=O)NCCCCN1CCN(c2cccc(C)c2)CC1. The fourth-order valence-corrected chi connectivity index (χ4v) is 4.26. The second kappa shape index (κ2) is 9.92. The molecule has 6 heteroatoms. The van der Waals surface area contributed by atoms with Crippen LogP contribution in [0.2, 0.25) is 0 Å². The number of likely N-dealkylation sites (tertiary alicyclic amines) is 1. The first-order valence-electron chi connectivity index (χ1n) is 10.6. The van der Waals surface area contributed by atoms with Crippen LogP contribution in [0.4, 0.5) is 5.69 Å². The minimum Gasteiger partial charge on any atom is -0.369 e. The van der Waals surface area contributed by atoms with Gasteiger partial charge in [0.05, 0.1) is 0 Å². The Morgan fingerprint density at radius 3 is 2.61 bits per heavy atom. The van der Waals surface area contributed by atoms with Crippen molar-refractivity contribution in [3.63, 3.8) is 0 Å². The van der Waals surface area contributed by atoms with E-state index in [0.717, 1.165) is 58.4 Å². The summed E-state index contributed by atoms with van der Waals surface area (Å²) in [5, 5.41) is 3.02. The molecule has 0 unspecified atom stereocenters. The Kier molecular flexibility index (Phi) is 7.31. The van der Waals surface area contributed by atoms with Crippen LogP contribution in [0.3, 0.4) is 0 Å². The summed E-state index contributed by atoms with van der Waals surface area (Å²) in [4.78, 5) is 30.6. The van der Waals surface area contributed by atoms with Gasteiger partial charge in [0.25, 0.3) is 0 Å². The van der Waals surface area contributed by atoms with Crippen LogP contribution >= 0.6 is 0 Å². The maximum Gasteiger partial charge on any atom is 0.242 e. The van der Waals surface area contributed by atoms with Gasteiger partial charge in [-0.25, -0.2) is 0 Å². The van der Waals surface area contributed by atoms with Crippen molar-refractivity contribution >= 4 is 17.5 Å². The molecule has 2 aliphatic heterocycles. The molecule has 2 fully saturated rings. The third-order valence-electron chi connectivity index (χ3n) is 5.90. The number of carbonyl (C=O) groups excluding carboxylic acids is 2. The first kappa shape index (κ1) is 20.6. The molecule has 1 atom stereocenters. The summed E-state index contributed by atoms with van der Waals surface area (Å²) >= 11 is 0. The molecule has 0 aromatic heterocycles. The van der Waals surface area contributed by atoms with Crippen LogP contribution in [0.15, 0.2) is 24.3 Å². The van der Waals surface area contributed by atoms with Gasteiger partial charge in [-0.3, -0.25) is 14.5 Å². The fraction of sp³-hybridized carbons (Fsp3) is 0.636. The zero-order chi connectivity index (χ0) is 19.9. The van der Waals surface area contributed by atoms with Gasteiger partial charge in [-0.05, 0) is 56.8 Å². The maximum absolute atomic E-state index is 12.3. The molecule has 3 rings (SSSR count). The lowest BCUT2D eigenvalue weighted by Crippen LogP contribution is -2.47.